The lowest BCUT2D eigenvalue weighted by Gasteiger charge is -2.06. The van der Waals surface area contributed by atoms with Crippen LogP contribution in [-0.2, 0) is 10.0 Å². The van der Waals surface area contributed by atoms with E-state index in [2.05, 4.69) is 10.3 Å². The van der Waals surface area contributed by atoms with E-state index in [0.717, 1.165) is 11.5 Å². The topological polar surface area (TPSA) is 115 Å². The van der Waals surface area contributed by atoms with Gasteiger partial charge in [-0.2, -0.15) is 0 Å². The number of hydrogen-bond donors (Lipinski definition) is 2. The highest BCUT2D eigenvalue weighted by atomic mass is 32.2. The minimum absolute atomic E-state index is 0.156. The number of furan rings is 1. The predicted molar refractivity (Wildman–Crippen MR) is 79.8 cm³/mol. The van der Waals surface area contributed by atoms with Gasteiger partial charge in [-0.05, 0) is 24.3 Å². The quantitative estimate of drug-likeness (QED) is 0.763. The Bertz CT molecular complexity index is 958. The smallest absolute Gasteiger partial charge is 0.291 e. The average molecular weight is 317 g/mol. The van der Waals surface area contributed by atoms with Gasteiger partial charge in [-0.15, -0.1) is 0 Å². The molecular formula is C14H11N3O4S. The van der Waals surface area contributed by atoms with Crippen molar-refractivity contribution in [3.05, 3.63) is 54.4 Å². The SMILES string of the molecule is NS(=O)(=O)c1ccc(C(=O)Nc2cccc3cccnc23)o1. The molecule has 3 aromatic rings. The summed E-state index contributed by atoms with van der Waals surface area (Å²) in [4.78, 5) is 16.3. The van der Waals surface area contributed by atoms with Gasteiger partial charge in [-0.1, -0.05) is 18.2 Å². The lowest BCUT2D eigenvalue weighted by molar-refractivity contribution is 0.0991. The second kappa shape index (κ2) is 5.24. The molecule has 0 aliphatic rings. The Morgan fingerprint density at radius 1 is 1.14 bits per heavy atom. The first-order chi connectivity index (χ1) is 10.4. The van der Waals surface area contributed by atoms with Gasteiger partial charge in [0.15, 0.2) is 5.76 Å². The second-order valence-electron chi connectivity index (χ2n) is 4.50. The first-order valence-corrected chi connectivity index (χ1v) is 7.77. The highest BCUT2D eigenvalue weighted by Crippen LogP contribution is 2.22. The Morgan fingerprint density at radius 2 is 1.91 bits per heavy atom. The number of carbonyl (C=O) groups excluding carboxylic acids is 1. The third-order valence-corrected chi connectivity index (χ3v) is 3.75. The highest BCUT2D eigenvalue weighted by Gasteiger charge is 2.18. The van der Waals surface area contributed by atoms with E-state index < -0.39 is 21.0 Å². The molecule has 0 unspecified atom stereocenters. The molecule has 2 heterocycles. The first-order valence-electron chi connectivity index (χ1n) is 6.23. The van der Waals surface area contributed by atoms with Crippen LogP contribution in [-0.4, -0.2) is 19.3 Å². The van der Waals surface area contributed by atoms with Crippen LogP contribution in [0.25, 0.3) is 10.9 Å². The van der Waals surface area contributed by atoms with Crippen molar-refractivity contribution < 1.29 is 17.6 Å². The normalized spacial score (nSPS) is 11.5. The summed E-state index contributed by atoms with van der Waals surface area (Å²) in [6.45, 7) is 0. The van der Waals surface area contributed by atoms with Crippen molar-refractivity contribution in [1.82, 2.24) is 4.98 Å². The summed E-state index contributed by atoms with van der Waals surface area (Å²) in [5, 5.41) is 7.97. The number of hydrogen-bond acceptors (Lipinski definition) is 5. The zero-order valence-corrected chi connectivity index (χ0v) is 12.0. The summed E-state index contributed by atoms with van der Waals surface area (Å²) >= 11 is 0. The van der Waals surface area contributed by atoms with Gasteiger partial charge >= 0.3 is 0 Å². The molecule has 1 aromatic carbocycles. The number of nitrogens with one attached hydrogen (secondary N) is 1. The van der Waals surface area contributed by atoms with Crippen molar-refractivity contribution in [2.75, 3.05) is 5.32 Å². The van der Waals surface area contributed by atoms with Crippen LogP contribution in [0.3, 0.4) is 0 Å². The van der Waals surface area contributed by atoms with Gasteiger partial charge in [-0.3, -0.25) is 9.78 Å². The molecule has 22 heavy (non-hydrogen) atoms. The van der Waals surface area contributed by atoms with E-state index in [9.17, 15) is 13.2 Å². The minimum Gasteiger partial charge on any atom is -0.438 e. The number of anilines is 1. The number of carbonyl (C=O) groups is 1. The summed E-state index contributed by atoms with van der Waals surface area (Å²) in [5.41, 5.74) is 1.12. The molecule has 3 N–H and O–H groups in total. The number of primary sulfonamides is 1. The summed E-state index contributed by atoms with van der Waals surface area (Å²) in [7, 11) is -3.98. The van der Waals surface area contributed by atoms with Crippen LogP contribution in [0.5, 0.6) is 0 Å². The molecular weight excluding hydrogens is 306 g/mol. The van der Waals surface area contributed by atoms with Crippen molar-refractivity contribution in [3.8, 4) is 0 Å². The maximum absolute atomic E-state index is 12.1. The number of para-hydroxylation sites is 1. The van der Waals surface area contributed by atoms with Crippen LogP contribution in [0.2, 0.25) is 0 Å². The fourth-order valence-corrected chi connectivity index (χ4v) is 2.45. The van der Waals surface area contributed by atoms with Gasteiger partial charge < -0.3 is 9.73 Å². The van der Waals surface area contributed by atoms with Crippen LogP contribution in [0.1, 0.15) is 10.6 Å². The van der Waals surface area contributed by atoms with Crippen LogP contribution in [0.4, 0.5) is 5.69 Å². The van der Waals surface area contributed by atoms with Crippen molar-refractivity contribution in [3.63, 3.8) is 0 Å². The Hall–Kier alpha value is -2.71. The number of fused-ring (bicyclic) bond motifs is 1. The van der Waals surface area contributed by atoms with E-state index in [1.165, 1.54) is 6.07 Å². The summed E-state index contributed by atoms with van der Waals surface area (Å²) in [6, 6.07) is 11.4. The van der Waals surface area contributed by atoms with E-state index in [1.807, 2.05) is 12.1 Å². The number of amides is 1. The Morgan fingerprint density at radius 3 is 2.64 bits per heavy atom. The lowest BCUT2D eigenvalue weighted by atomic mass is 10.2. The van der Waals surface area contributed by atoms with Gasteiger partial charge in [-0.25, -0.2) is 13.6 Å². The molecule has 7 nitrogen and oxygen atoms in total. The van der Waals surface area contributed by atoms with Crippen molar-refractivity contribution >= 4 is 32.5 Å². The molecule has 0 atom stereocenters. The molecule has 2 aromatic heterocycles. The van der Waals surface area contributed by atoms with Crippen molar-refractivity contribution in [2.45, 2.75) is 5.09 Å². The molecule has 1 amide bonds. The molecule has 112 valence electrons. The number of rotatable bonds is 3. The molecule has 0 bridgehead atoms. The Labute approximate surface area is 125 Å². The predicted octanol–water partition coefficient (Wildman–Crippen LogP) is 1.73. The zero-order chi connectivity index (χ0) is 15.7. The van der Waals surface area contributed by atoms with Gasteiger partial charge in [0.1, 0.15) is 0 Å². The summed E-state index contributed by atoms with van der Waals surface area (Å²) < 4.78 is 27.2. The second-order valence-corrected chi connectivity index (χ2v) is 5.99. The monoisotopic (exact) mass is 317 g/mol. The number of aromatic nitrogens is 1. The lowest BCUT2D eigenvalue weighted by Crippen LogP contribution is -2.13. The number of pyridine rings is 1. The van der Waals surface area contributed by atoms with Crippen molar-refractivity contribution in [2.24, 2.45) is 5.14 Å². The maximum Gasteiger partial charge on any atom is 0.291 e. The van der Waals surface area contributed by atoms with E-state index in [-0.39, 0.29) is 5.76 Å². The Kier molecular flexibility index (Phi) is 3.39. The molecule has 3 rings (SSSR count). The first kappa shape index (κ1) is 14.2. The average Bonchev–Trinajstić information content (AvgIpc) is 2.98. The number of nitrogens with zero attached hydrogens (tertiary/aromatic N) is 1. The molecule has 0 saturated carbocycles. The largest absolute Gasteiger partial charge is 0.438 e. The maximum atomic E-state index is 12.1. The highest BCUT2D eigenvalue weighted by molar-refractivity contribution is 7.89. The van der Waals surface area contributed by atoms with Gasteiger partial charge in [0, 0.05) is 11.6 Å². The molecule has 8 heteroatoms. The zero-order valence-electron chi connectivity index (χ0n) is 11.2. The van der Waals surface area contributed by atoms with Gasteiger partial charge in [0.2, 0.25) is 5.09 Å². The van der Waals surface area contributed by atoms with E-state index >= 15 is 0 Å². The van der Waals surface area contributed by atoms with Crippen molar-refractivity contribution in [1.29, 1.82) is 0 Å². The van der Waals surface area contributed by atoms with E-state index in [1.54, 1.807) is 24.4 Å². The third-order valence-electron chi connectivity index (χ3n) is 2.97. The fourth-order valence-electron chi connectivity index (χ4n) is 1.98. The third kappa shape index (κ3) is 2.69. The number of nitrogens with two attached hydrogens (primary N) is 1. The van der Waals surface area contributed by atoms with Gasteiger partial charge in [0.25, 0.3) is 15.9 Å². The molecule has 0 aliphatic carbocycles. The molecule has 0 radical (unpaired) electrons. The summed E-state index contributed by atoms with van der Waals surface area (Å²) in [5.74, 6) is -0.745. The number of sulfonamides is 1. The van der Waals surface area contributed by atoms with E-state index in [0.29, 0.717) is 11.2 Å². The molecule has 0 aliphatic heterocycles. The standard InChI is InChI=1S/C14H11N3O4S/c15-22(19,20)12-7-6-11(21-12)14(18)17-10-5-1-3-9-4-2-8-16-13(9)10/h1-8H,(H,17,18)(H2,15,19,20). The summed E-state index contributed by atoms with van der Waals surface area (Å²) in [6.07, 6.45) is 1.62. The minimum atomic E-state index is -3.98. The van der Waals surface area contributed by atoms with Crippen LogP contribution < -0.4 is 10.5 Å². The molecule has 0 saturated heterocycles. The van der Waals surface area contributed by atoms with E-state index in [4.69, 9.17) is 9.56 Å². The van der Waals surface area contributed by atoms with Crippen LogP contribution in [0.15, 0.2) is 58.2 Å². The molecule has 0 spiro atoms. The number of benzene rings is 1. The van der Waals surface area contributed by atoms with Crippen LogP contribution in [0, 0.1) is 0 Å². The molecule has 0 fully saturated rings. The van der Waals surface area contributed by atoms with Crippen LogP contribution >= 0.6 is 0 Å². The fraction of sp³-hybridized carbons (Fsp3) is 0. The Balaban J connectivity index is 1.92. The van der Waals surface area contributed by atoms with Gasteiger partial charge in [0.05, 0.1) is 11.2 Å².